The first kappa shape index (κ1) is 19.0. The van der Waals surface area contributed by atoms with Gasteiger partial charge in [-0.25, -0.2) is 4.79 Å². The Morgan fingerprint density at radius 1 is 1.33 bits per heavy atom. The lowest BCUT2D eigenvalue weighted by molar-refractivity contribution is 0.0240. The molecule has 1 aromatic heterocycles. The minimum absolute atomic E-state index is 0.313. The summed E-state index contributed by atoms with van der Waals surface area (Å²) in [5.74, 6) is 0.911. The number of halogens is 1. The van der Waals surface area contributed by atoms with E-state index in [-0.39, 0.29) is 6.09 Å². The van der Waals surface area contributed by atoms with E-state index >= 15 is 0 Å². The molecule has 1 aromatic rings. The molecule has 24 heavy (non-hydrogen) atoms. The summed E-state index contributed by atoms with van der Waals surface area (Å²) in [7, 11) is 0. The van der Waals surface area contributed by atoms with E-state index in [9.17, 15) is 4.79 Å². The first-order chi connectivity index (χ1) is 11.2. The van der Waals surface area contributed by atoms with E-state index in [1.807, 2.05) is 26.8 Å². The zero-order valence-corrected chi connectivity index (χ0v) is 15.7. The lowest BCUT2D eigenvalue weighted by atomic mass is 10.0. The number of amides is 1. The summed E-state index contributed by atoms with van der Waals surface area (Å²) >= 11 is 5.86. The van der Waals surface area contributed by atoms with Crippen LogP contribution in [0.3, 0.4) is 0 Å². The molecule has 6 heteroatoms. The highest BCUT2D eigenvalue weighted by molar-refractivity contribution is 6.30. The van der Waals surface area contributed by atoms with Crippen LogP contribution in [0, 0.1) is 5.92 Å². The molecular weight excluding hydrogens is 328 g/mol. The minimum atomic E-state index is -0.475. The average Bonchev–Trinajstić information content (AvgIpc) is 2.90. The van der Waals surface area contributed by atoms with E-state index in [1.165, 1.54) is 12.8 Å². The SMILES string of the molecule is CC(C)(C)OC(=O)N1Cc2cc(Cl)cnc2C1.CC1CCOCC1. The van der Waals surface area contributed by atoms with E-state index in [0.717, 1.165) is 30.4 Å². The summed E-state index contributed by atoms with van der Waals surface area (Å²) in [4.78, 5) is 17.7. The van der Waals surface area contributed by atoms with Crippen molar-refractivity contribution in [3.8, 4) is 0 Å². The van der Waals surface area contributed by atoms with Gasteiger partial charge in [0.2, 0.25) is 0 Å². The zero-order chi connectivity index (χ0) is 17.7. The number of carbonyl (C=O) groups is 1. The second kappa shape index (κ2) is 8.17. The summed E-state index contributed by atoms with van der Waals surface area (Å²) in [6, 6.07) is 1.84. The topological polar surface area (TPSA) is 51.7 Å². The number of nitrogens with zero attached hydrogens (tertiary/aromatic N) is 2. The molecular formula is C18H27ClN2O3. The van der Waals surface area contributed by atoms with Crippen LogP contribution in [-0.2, 0) is 22.6 Å². The number of hydrogen-bond acceptors (Lipinski definition) is 4. The Bertz CT molecular complexity index is 566. The van der Waals surface area contributed by atoms with Gasteiger partial charge in [0.25, 0.3) is 0 Å². The number of fused-ring (bicyclic) bond motifs is 1. The molecule has 2 aliphatic rings. The molecule has 0 N–H and O–H groups in total. The maximum absolute atomic E-state index is 11.9. The highest BCUT2D eigenvalue weighted by atomic mass is 35.5. The minimum Gasteiger partial charge on any atom is -0.444 e. The van der Waals surface area contributed by atoms with Gasteiger partial charge in [0.15, 0.2) is 0 Å². The van der Waals surface area contributed by atoms with Gasteiger partial charge in [-0.05, 0) is 51.2 Å². The first-order valence-corrected chi connectivity index (χ1v) is 8.81. The standard InChI is InChI=1S/C12H15ClN2O2.C6H12O/c1-12(2,3)17-11(16)15-6-8-4-9(13)5-14-10(8)7-15;1-6-2-4-7-5-3-6/h4-5H,6-7H2,1-3H3;6H,2-5H2,1H3. The number of aromatic nitrogens is 1. The van der Waals surface area contributed by atoms with Gasteiger partial charge in [-0.1, -0.05) is 18.5 Å². The summed E-state index contributed by atoms with van der Waals surface area (Å²) in [5.41, 5.74) is 1.40. The fraction of sp³-hybridized carbons (Fsp3) is 0.667. The molecule has 5 nitrogen and oxygen atoms in total. The van der Waals surface area contributed by atoms with Crippen LogP contribution >= 0.6 is 11.6 Å². The van der Waals surface area contributed by atoms with Crippen molar-refractivity contribution in [2.45, 2.75) is 59.2 Å². The molecule has 0 saturated carbocycles. The third-order valence-electron chi connectivity index (χ3n) is 3.89. The normalized spacial score (nSPS) is 17.8. The van der Waals surface area contributed by atoms with Gasteiger partial charge in [0.05, 0.1) is 23.8 Å². The van der Waals surface area contributed by atoms with Crippen LogP contribution in [0.25, 0.3) is 0 Å². The Hall–Kier alpha value is -1.33. The van der Waals surface area contributed by atoms with Crippen molar-refractivity contribution in [2.24, 2.45) is 5.92 Å². The summed E-state index contributed by atoms with van der Waals surface area (Å²) in [6.45, 7) is 10.8. The smallest absolute Gasteiger partial charge is 0.410 e. The molecule has 0 unspecified atom stereocenters. The molecule has 2 aliphatic heterocycles. The van der Waals surface area contributed by atoms with E-state index in [2.05, 4.69) is 11.9 Å². The van der Waals surface area contributed by atoms with Gasteiger partial charge in [0, 0.05) is 19.4 Å². The molecule has 1 amide bonds. The van der Waals surface area contributed by atoms with E-state index in [4.69, 9.17) is 21.1 Å². The Labute approximate surface area is 149 Å². The second-order valence-electron chi connectivity index (χ2n) is 7.39. The lowest BCUT2D eigenvalue weighted by Crippen LogP contribution is -2.33. The van der Waals surface area contributed by atoms with Gasteiger partial charge in [0.1, 0.15) is 5.60 Å². The van der Waals surface area contributed by atoms with Crippen molar-refractivity contribution >= 4 is 17.7 Å². The summed E-state index contributed by atoms with van der Waals surface area (Å²) < 4.78 is 10.4. The maximum Gasteiger partial charge on any atom is 0.410 e. The van der Waals surface area contributed by atoms with Crippen molar-refractivity contribution in [3.05, 3.63) is 28.5 Å². The Balaban J connectivity index is 0.000000249. The van der Waals surface area contributed by atoms with Crippen molar-refractivity contribution < 1.29 is 14.3 Å². The number of pyridine rings is 1. The maximum atomic E-state index is 11.9. The Morgan fingerprint density at radius 2 is 2.00 bits per heavy atom. The molecule has 0 aromatic carbocycles. The molecule has 1 fully saturated rings. The fourth-order valence-electron chi connectivity index (χ4n) is 2.50. The third-order valence-corrected chi connectivity index (χ3v) is 4.10. The molecule has 0 bridgehead atoms. The van der Waals surface area contributed by atoms with Crippen LogP contribution in [0.4, 0.5) is 4.79 Å². The quantitative estimate of drug-likeness (QED) is 0.692. The van der Waals surface area contributed by atoms with E-state index in [0.29, 0.717) is 18.1 Å². The predicted octanol–water partition coefficient (Wildman–Crippen LogP) is 4.42. The van der Waals surface area contributed by atoms with E-state index < -0.39 is 5.60 Å². The van der Waals surface area contributed by atoms with Crippen LogP contribution in [-0.4, -0.2) is 34.8 Å². The third kappa shape index (κ3) is 5.95. The summed E-state index contributed by atoms with van der Waals surface area (Å²) in [6.07, 6.45) is 3.81. The monoisotopic (exact) mass is 354 g/mol. The molecule has 0 spiro atoms. The zero-order valence-electron chi connectivity index (χ0n) is 15.0. The number of ether oxygens (including phenoxy) is 2. The molecule has 0 atom stereocenters. The predicted molar refractivity (Wildman–Crippen MR) is 93.9 cm³/mol. The number of hydrogen-bond donors (Lipinski definition) is 0. The molecule has 134 valence electrons. The highest BCUT2D eigenvalue weighted by Crippen LogP contribution is 2.25. The van der Waals surface area contributed by atoms with Gasteiger partial charge in [-0.3, -0.25) is 9.88 Å². The van der Waals surface area contributed by atoms with Crippen LogP contribution < -0.4 is 0 Å². The lowest BCUT2D eigenvalue weighted by Gasteiger charge is -2.23. The molecule has 1 saturated heterocycles. The van der Waals surface area contributed by atoms with Crippen molar-refractivity contribution in [1.82, 2.24) is 9.88 Å². The first-order valence-electron chi connectivity index (χ1n) is 8.43. The van der Waals surface area contributed by atoms with Crippen molar-refractivity contribution in [2.75, 3.05) is 13.2 Å². The average molecular weight is 355 g/mol. The largest absolute Gasteiger partial charge is 0.444 e. The number of carbonyl (C=O) groups excluding carboxylic acids is 1. The molecule has 3 heterocycles. The van der Waals surface area contributed by atoms with E-state index in [1.54, 1.807) is 11.1 Å². The van der Waals surface area contributed by atoms with Crippen LogP contribution in [0.15, 0.2) is 12.3 Å². The van der Waals surface area contributed by atoms with Gasteiger partial charge in [-0.15, -0.1) is 0 Å². The number of rotatable bonds is 0. The van der Waals surface area contributed by atoms with Gasteiger partial charge < -0.3 is 9.47 Å². The fourth-order valence-corrected chi connectivity index (χ4v) is 2.68. The van der Waals surface area contributed by atoms with Crippen molar-refractivity contribution in [1.29, 1.82) is 0 Å². The second-order valence-corrected chi connectivity index (χ2v) is 7.83. The van der Waals surface area contributed by atoms with Gasteiger partial charge in [-0.2, -0.15) is 0 Å². The molecule has 0 aliphatic carbocycles. The van der Waals surface area contributed by atoms with Crippen LogP contribution in [0.1, 0.15) is 51.8 Å². The highest BCUT2D eigenvalue weighted by Gasteiger charge is 2.28. The van der Waals surface area contributed by atoms with Gasteiger partial charge >= 0.3 is 6.09 Å². The van der Waals surface area contributed by atoms with Crippen LogP contribution in [0.5, 0.6) is 0 Å². The summed E-state index contributed by atoms with van der Waals surface area (Å²) in [5, 5.41) is 0.592. The van der Waals surface area contributed by atoms with Crippen LogP contribution in [0.2, 0.25) is 5.02 Å². The Kier molecular flexibility index (Phi) is 6.47. The van der Waals surface area contributed by atoms with Crippen molar-refractivity contribution in [3.63, 3.8) is 0 Å². The Morgan fingerprint density at radius 3 is 2.54 bits per heavy atom. The molecule has 3 rings (SSSR count). The molecule has 0 radical (unpaired) electrons.